The summed E-state index contributed by atoms with van der Waals surface area (Å²) < 4.78 is 19.5. The summed E-state index contributed by atoms with van der Waals surface area (Å²) in [6.45, 7) is 0.946. The lowest BCUT2D eigenvalue weighted by Crippen LogP contribution is -2.45. The predicted molar refractivity (Wildman–Crippen MR) is 137 cm³/mol. The number of rotatable bonds is 7. The molecular formula is C26H24FN5O4. The van der Waals surface area contributed by atoms with Crippen LogP contribution in [0.15, 0.2) is 52.2 Å². The molecule has 0 atom stereocenters. The van der Waals surface area contributed by atoms with Gasteiger partial charge in [0.05, 0.1) is 13.7 Å². The number of anilines is 2. The number of benzene rings is 1. The van der Waals surface area contributed by atoms with E-state index in [4.69, 9.17) is 4.74 Å². The highest BCUT2D eigenvalue weighted by Gasteiger charge is 2.28. The first-order valence-electron chi connectivity index (χ1n) is 11.4. The molecule has 5 rings (SSSR count). The van der Waals surface area contributed by atoms with Crippen LogP contribution in [0.4, 0.5) is 15.8 Å². The maximum atomic E-state index is 14.0. The van der Waals surface area contributed by atoms with E-state index >= 15 is 0 Å². The molecule has 1 aliphatic heterocycles. The number of fused-ring (bicyclic) bond motifs is 1. The van der Waals surface area contributed by atoms with Crippen LogP contribution in [0.3, 0.4) is 0 Å². The summed E-state index contributed by atoms with van der Waals surface area (Å²) in [5.41, 5.74) is 3.03. The Morgan fingerprint density at radius 1 is 1.19 bits per heavy atom. The lowest BCUT2D eigenvalue weighted by atomic mass is 10.0. The summed E-state index contributed by atoms with van der Waals surface area (Å²) in [6, 6.07) is 8.19. The molecule has 0 unspecified atom stereocenters. The van der Waals surface area contributed by atoms with Crippen LogP contribution in [-0.2, 0) is 4.79 Å². The predicted octanol–water partition coefficient (Wildman–Crippen LogP) is 2.43. The Balaban J connectivity index is 1.43. The van der Waals surface area contributed by atoms with E-state index in [1.54, 1.807) is 31.3 Å². The number of aromatic amines is 1. The average Bonchev–Trinajstić information content (AvgIpc) is 3.33. The Morgan fingerprint density at radius 2 is 2.03 bits per heavy atom. The van der Waals surface area contributed by atoms with Gasteiger partial charge in [0.1, 0.15) is 28.6 Å². The summed E-state index contributed by atoms with van der Waals surface area (Å²) in [7, 11) is 3.17. The first-order chi connectivity index (χ1) is 17.4. The first-order valence-corrected chi connectivity index (χ1v) is 11.4. The molecule has 184 valence electrons. The van der Waals surface area contributed by atoms with Crippen LogP contribution in [-0.4, -0.2) is 49.7 Å². The number of pyridine rings is 1. The lowest BCUT2D eigenvalue weighted by molar-refractivity contribution is -0.115. The molecule has 10 heteroatoms. The smallest absolute Gasteiger partial charge is 0.253 e. The number of hydrogen-bond acceptors (Lipinski definition) is 7. The molecule has 4 aromatic rings. The number of carbonyl (C=O) groups excluding carboxylic acids is 1. The summed E-state index contributed by atoms with van der Waals surface area (Å²) in [6.07, 6.45) is 4.25. The Labute approximate surface area is 205 Å². The molecule has 0 saturated heterocycles. The zero-order valence-electron chi connectivity index (χ0n) is 19.8. The van der Waals surface area contributed by atoms with Crippen molar-refractivity contribution in [2.24, 2.45) is 0 Å². The molecule has 0 radical (unpaired) electrons. The third kappa shape index (κ3) is 4.05. The van der Waals surface area contributed by atoms with Gasteiger partial charge in [-0.1, -0.05) is 6.08 Å². The Bertz CT molecular complexity index is 1580. The molecule has 3 heterocycles. The molecule has 1 aliphatic rings. The van der Waals surface area contributed by atoms with Crippen LogP contribution < -0.4 is 31.1 Å². The van der Waals surface area contributed by atoms with Crippen molar-refractivity contribution >= 4 is 33.9 Å². The SMILES string of the molecule is CNCC(=O)Nc1c(N2CC=C(c3cc4c(-c5cc(F)ccc5OC)ccnc4[nH]3)CC2)c(=O)c1=O. The fourth-order valence-corrected chi connectivity index (χ4v) is 4.58. The van der Waals surface area contributed by atoms with Crippen LogP contribution in [0.2, 0.25) is 0 Å². The molecule has 0 saturated carbocycles. The molecule has 9 nitrogen and oxygen atoms in total. The first kappa shape index (κ1) is 23.4. The van der Waals surface area contributed by atoms with Crippen LogP contribution >= 0.6 is 0 Å². The van der Waals surface area contributed by atoms with Gasteiger partial charge in [0.2, 0.25) is 5.91 Å². The van der Waals surface area contributed by atoms with Crippen molar-refractivity contribution in [1.29, 1.82) is 0 Å². The van der Waals surface area contributed by atoms with Crippen molar-refractivity contribution in [2.45, 2.75) is 6.42 Å². The summed E-state index contributed by atoms with van der Waals surface area (Å²) in [4.78, 5) is 45.7. The number of carbonyl (C=O) groups is 1. The highest BCUT2D eigenvalue weighted by Crippen LogP contribution is 2.37. The Morgan fingerprint density at radius 3 is 2.75 bits per heavy atom. The highest BCUT2D eigenvalue weighted by molar-refractivity contribution is 5.98. The summed E-state index contributed by atoms with van der Waals surface area (Å²) >= 11 is 0. The molecule has 0 bridgehead atoms. The van der Waals surface area contributed by atoms with E-state index in [1.165, 1.54) is 12.1 Å². The zero-order valence-corrected chi connectivity index (χ0v) is 19.8. The van der Waals surface area contributed by atoms with Crippen LogP contribution in [0.5, 0.6) is 5.75 Å². The fourth-order valence-electron chi connectivity index (χ4n) is 4.58. The number of halogens is 1. The minimum Gasteiger partial charge on any atom is -0.496 e. The van der Waals surface area contributed by atoms with Gasteiger partial charge in [-0.25, -0.2) is 9.37 Å². The van der Waals surface area contributed by atoms with Crippen molar-refractivity contribution in [3.05, 3.63) is 74.6 Å². The number of nitrogens with zero attached hydrogens (tertiary/aromatic N) is 2. The number of hydrogen-bond donors (Lipinski definition) is 3. The van der Waals surface area contributed by atoms with Gasteiger partial charge in [0.15, 0.2) is 0 Å². The van der Waals surface area contributed by atoms with Gasteiger partial charge in [-0.3, -0.25) is 14.4 Å². The van der Waals surface area contributed by atoms with Gasteiger partial charge in [-0.15, -0.1) is 0 Å². The number of methoxy groups -OCH3 is 1. The molecule has 1 amide bonds. The van der Waals surface area contributed by atoms with Crippen LogP contribution in [0.25, 0.3) is 27.7 Å². The monoisotopic (exact) mass is 489 g/mol. The largest absolute Gasteiger partial charge is 0.496 e. The molecule has 2 aromatic heterocycles. The van der Waals surface area contributed by atoms with Gasteiger partial charge in [-0.05, 0) is 54.9 Å². The third-order valence-electron chi connectivity index (χ3n) is 6.34. The number of aromatic nitrogens is 2. The zero-order chi connectivity index (χ0) is 25.4. The number of amides is 1. The molecule has 36 heavy (non-hydrogen) atoms. The van der Waals surface area contributed by atoms with Gasteiger partial charge in [0.25, 0.3) is 10.9 Å². The van der Waals surface area contributed by atoms with Crippen molar-refractivity contribution in [2.75, 3.05) is 44.0 Å². The topological polar surface area (TPSA) is 116 Å². The van der Waals surface area contributed by atoms with E-state index in [1.807, 2.05) is 18.2 Å². The maximum absolute atomic E-state index is 14.0. The van der Waals surface area contributed by atoms with Crippen LogP contribution in [0.1, 0.15) is 12.1 Å². The standard InChI is InChI=1S/C26H24FN5O4/c1-28-13-21(33)31-22-23(25(35)24(22)34)32-9-6-14(7-10-32)19-12-18-16(5-8-29-26(18)30-19)17-11-15(27)3-4-20(17)36-2/h3-6,8,11-12,28H,7,9-10,13H2,1-2H3,(H,29,30)(H,31,33). The van der Waals surface area contributed by atoms with E-state index in [0.29, 0.717) is 36.5 Å². The van der Waals surface area contributed by atoms with Gasteiger partial charge < -0.3 is 25.3 Å². The van der Waals surface area contributed by atoms with E-state index in [0.717, 1.165) is 22.2 Å². The van der Waals surface area contributed by atoms with Crippen molar-refractivity contribution in [1.82, 2.24) is 15.3 Å². The van der Waals surface area contributed by atoms with Crippen molar-refractivity contribution in [3.63, 3.8) is 0 Å². The maximum Gasteiger partial charge on any atom is 0.253 e. The van der Waals surface area contributed by atoms with Gasteiger partial charge in [0, 0.05) is 35.9 Å². The molecule has 0 spiro atoms. The number of nitrogens with one attached hydrogen (secondary N) is 3. The second-order valence-electron chi connectivity index (χ2n) is 8.53. The molecule has 2 aromatic carbocycles. The minimum absolute atomic E-state index is 0.0419. The van der Waals surface area contributed by atoms with Gasteiger partial charge >= 0.3 is 0 Å². The van der Waals surface area contributed by atoms with E-state index in [2.05, 4.69) is 20.6 Å². The normalized spacial score (nSPS) is 13.8. The Kier molecular flexibility index (Phi) is 6.11. The van der Waals surface area contributed by atoms with E-state index in [-0.39, 0.29) is 29.6 Å². The molecular weight excluding hydrogens is 465 g/mol. The highest BCUT2D eigenvalue weighted by atomic mass is 19.1. The molecule has 0 aliphatic carbocycles. The second-order valence-corrected chi connectivity index (χ2v) is 8.53. The van der Waals surface area contributed by atoms with Crippen LogP contribution in [0, 0.1) is 5.82 Å². The molecule has 0 fully saturated rings. The number of likely N-dealkylation sites (N-methyl/N-ethyl adjacent to an activating group) is 1. The minimum atomic E-state index is -0.675. The molecule has 3 N–H and O–H groups in total. The lowest BCUT2D eigenvalue weighted by Gasteiger charge is -2.30. The van der Waals surface area contributed by atoms with Crippen molar-refractivity contribution < 1.29 is 13.9 Å². The third-order valence-corrected chi connectivity index (χ3v) is 6.34. The van der Waals surface area contributed by atoms with Crippen molar-refractivity contribution in [3.8, 4) is 16.9 Å². The average molecular weight is 490 g/mol. The second kappa shape index (κ2) is 9.38. The van der Waals surface area contributed by atoms with E-state index in [9.17, 15) is 18.8 Å². The van der Waals surface area contributed by atoms with E-state index < -0.39 is 10.9 Å². The number of ether oxygens (including phenoxy) is 1. The summed E-state index contributed by atoms with van der Waals surface area (Å²) in [5, 5.41) is 6.08. The quantitative estimate of drug-likeness (QED) is 0.342. The summed E-state index contributed by atoms with van der Waals surface area (Å²) in [5.74, 6) is -0.179. The fraction of sp³-hybridized carbons (Fsp3) is 0.231. The Hall–Kier alpha value is -4.31. The number of H-pyrrole nitrogens is 1. The van der Waals surface area contributed by atoms with Gasteiger partial charge in [-0.2, -0.15) is 0 Å².